The highest BCUT2D eigenvalue weighted by molar-refractivity contribution is 5.76. The first-order valence-corrected chi connectivity index (χ1v) is 1.69. The van der Waals surface area contributed by atoms with Crippen molar-refractivity contribution in [2.75, 3.05) is 0 Å². The summed E-state index contributed by atoms with van der Waals surface area (Å²) in [6.45, 7) is 6.50. The Kier molecular flexibility index (Phi) is 1.64. The van der Waals surface area contributed by atoms with Gasteiger partial charge < -0.3 is 5.73 Å². The molecule has 0 aliphatic carbocycles. The van der Waals surface area contributed by atoms with Crippen LogP contribution in [0.15, 0.2) is 0 Å². The third-order valence-electron chi connectivity index (χ3n) is 0.449. The maximum atomic E-state index is 9.80. The first kappa shape index (κ1) is 5.47. The first-order valence-electron chi connectivity index (χ1n) is 1.69. The van der Waals surface area contributed by atoms with E-state index in [2.05, 4.69) is 5.73 Å². The lowest BCUT2D eigenvalue weighted by Gasteiger charge is -1.90. The number of hydrogen-bond donors (Lipinski definition) is 1. The van der Waals surface area contributed by atoms with E-state index >= 15 is 0 Å². The van der Waals surface area contributed by atoms with E-state index in [0.717, 1.165) is 0 Å². The second kappa shape index (κ2) is 1.80. The quantitative estimate of drug-likeness (QED) is 0.471. The number of carbonyl (C=O) groups is 1. The Bertz CT molecular complexity index is 58.6. The molecule has 0 fully saturated rings. The van der Waals surface area contributed by atoms with Gasteiger partial charge in [-0.3, -0.25) is 4.79 Å². The molecule has 1 amide bonds. The number of carbonyl (C=O) groups excluding carboxylic acids is 1. The standard InChI is InChI=1S/C4H7NO/c1-3(2)4(5)6/h1,3H,2H3,(H2,5,6). The van der Waals surface area contributed by atoms with Crippen molar-refractivity contribution in [3.05, 3.63) is 6.92 Å². The summed E-state index contributed by atoms with van der Waals surface area (Å²) in [5, 5.41) is 0. The molecule has 34 valence electrons. The van der Waals surface area contributed by atoms with Gasteiger partial charge in [-0.2, -0.15) is 0 Å². The summed E-state index contributed by atoms with van der Waals surface area (Å²) in [4.78, 5) is 9.80. The molecular weight excluding hydrogens is 78.0 g/mol. The number of hydrogen-bond acceptors (Lipinski definition) is 1. The van der Waals surface area contributed by atoms with Crippen molar-refractivity contribution >= 4 is 5.91 Å². The molecule has 0 spiro atoms. The van der Waals surface area contributed by atoms with Gasteiger partial charge in [-0.15, -0.1) is 0 Å². The third kappa shape index (κ3) is 1.76. The molecule has 2 N–H and O–H groups in total. The number of amides is 1. The summed E-state index contributed by atoms with van der Waals surface area (Å²) in [5.41, 5.74) is 4.67. The van der Waals surface area contributed by atoms with Gasteiger partial charge in [-0.05, 0) is 6.92 Å². The van der Waals surface area contributed by atoms with Crippen LogP contribution in [-0.2, 0) is 4.79 Å². The molecule has 0 aromatic heterocycles. The fraction of sp³-hybridized carbons (Fsp3) is 0.500. The maximum absolute atomic E-state index is 9.80. The zero-order valence-electron chi connectivity index (χ0n) is 3.64. The topological polar surface area (TPSA) is 43.1 Å². The fourth-order valence-corrected chi connectivity index (χ4v) is 0. The van der Waals surface area contributed by atoms with Crippen LogP contribution in [0.1, 0.15) is 6.92 Å². The molecule has 6 heavy (non-hydrogen) atoms. The Balaban J connectivity index is 3.26. The van der Waals surface area contributed by atoms with E-state index in [-0.39, 0.29) is 0 Å². The highest BCUT2D eigenvalue weighted by Crippen LogP contribution is 1.83. The van der Waals surface area contributed by atoms with E-state index in [9.17, 15) is 4.79 Å². The lowest BCUT2D eigenvalue weighted by atomic mass is 10.2. The minimum Gasteiger partial charge on any atom is -0.369 e. The third-order valence-corrected chi connectivity index (χ3v) is 0.449. The van der Waals surface area contributed by atoms with Gasteiger partial charge in [0.1, 0.15) is 0 Å². The number of nitrogens with two attached hydrogens (primary N) is 1. The summed E-state index contributed by atoms with van der Waals surface area (Å²) < 4.78 is 0. The van der Waals surface area contributed by atoms with Crippen LogP contribution in [0.2, 0.25) is 0 Å². The molecule has 0 aliphatic heterocycles. The number of primary amides is 1. The Hall–Kier alpha value is -0.530. The average Bonchev–Trinajstić information content (AvgIpc) is 1.36. The number of rotatable bonds is 1. The minimum atomic E-state index is -0.509. The fourth-order valence-electron chi connectivity index (χ4n) is 0. The van der Waals surface area contributed by atoms with Crippen LogP contribution in [0.3, 0.4) is 0 Å². The summed E-state index contributed by atoms with van der Waals surface area (Å²) in [6.07, 6.45) is 0. The lowest BCUT2D eigenvalue weighted by Crippen LogP contribution is -2.17. The van der Waals surface area contributed by atoms with Gasteiger partial charge in [-0.25, -0.2) is 0 Å². The van der Waals surface area contributed by atoms with Gasteiger partial charge in [0, 0.05) is 5.92 Å². The predicted octanol–water partition coefficient (Wildman–Crippen LogP) is -0.181. The SMILES string of the molecule is [CH]C(C)C(N)=O. The van der Waals surface area contributed by atoms with Crippen LogP contribution in [0.25, 0.3) is 0 Å². The van der Waals surface area contributed by atoms with Crippen LogP contribution in [0, 0.1) is 12.8 Å². The Morgan fingerprint density at radius 1 is 2.00 bits per heavy atom. The molecule has 0 heterocycles. The van der Waals surface area contributed by atoms with Gasteiger partial charge in [0.2, 0.25) is 5.91 Å². The van der Waals surface area contributed by atoms with E-state index in [4.69, 9.17) is 6.92 Å². The molecule has 2 nitrogen and oxygen atoms in total. The summed E-state index contributed by atoms with van der Waals surface area (Å²) in [7, 11) is 0. The highest BCUT2D eigenvalue weighted by atomic mass is 16.1. The van der Waals surface area contributed by atoms with Gasteiger partial charge in [0.15, 0.2) is 0 Å². The van der Waals surface area contributed by atoms with E-state index in [1.54, 1.807) is 6.92 Å². The van der Waals surface area contributed by atoms with E-state index in [0.29, 0.717) is 0 Å². The molecule has 0 aliphatic rings. The molecule has 0 aromatic carbocycles. The first-order chi connectivity index (χ1) is 2.64. The Labute approximate surface area is 37.3 Å². The van der Waals surface area contributed by atoms with Crippen LogP contribution in [-0.4, -0.2) is 5.91 Å². The molecule has 1 unspecified atom stereocenters. The van der Waals surface area contributed by atoms with Crippen molar-refractivity contribution in [2.45, 2.75) is 6.92 Å². The summed E-state index contributed by atoms with van der Waals surface area (Å²) >= 11 is 0. The van der Waals surface area contributed by atoms with Gasteiger partial charge >= 0.3 is 0 Å². The lowest BCUT2D eigenvalue weighted by molar-refractivity contribution is -0.120. The minimum absolute atomic E-state index is 0.463. The molecule has 1 atom stereocenters. The molecule has 0 saturated carbocycles. The summed E-state index contributed by atoms with van der Waals surface area (Å²) in [6, 6.07) is 0. The maximum Gasteiger partial charge on any atom is 0.220 e. The molecular formula is C4H7NO. The van der Waals surface area contributed by atoms with Gasteiger partial charge in [0.05, 0.1) is 0 Å². The van der Waals surface area contributed by atoms with Crippen molar-refractivity contribution in [3.63, 3.8) is 0 Å². The molecule has 2 radical (unpaired) electrons. The average molecular weight is 85.1 g/mol. The predicted molar refractivity (Wildman–Crippen MR) is 22.7 cm³/mol. The van der Waals surface area contributed by atoms with Gasteiger partial charge in [0.25, 0.3) is 0 Å². The zero-order chi connectivity index (χ0) is 5.15. The van der Waals surface area contributed by atoms with Gasteiger partial charge in [-0.1, -0.05) is 6.92 Å². The molecule has 0 saturated heterocycles. The van der Waals surface area contributed by atoms with Crippen molar-refractivity contribution in [1.29, 1.82) is 0 Å². The Morgan fingerprint density at radius 2 is 2.17 bits per heavy atom. The monoisotopic (exact) mass is 85.1 g/mol. The van der Waals surface area contributed by atoms with Crippen LogP contribution >= 0.6 is 0 Å². The second-order valence-electron chi connectivity index (χ2n) is 1.19. The van der Waals surface area contributed by atoms with Crippen molar-refractivity contribution in [2.24, 2.45) is 11.7 Å². The van der Waals surface area contributed by atoms with Crippen molar-refractivity contribution in [3.8, 4) is 0 Å². The van der Waals surface area contributed by atoms with Crippen LogP contribution < -0.4 is 5.73 Å². The zero-order valence-corrected chi connectivity index (χ0v) is 3.64. The normalized spacial score (nSPS) is 9.17. The second-order valence-corrected chi connectivity index (χ2v) is 1.19. The molecule has 0 aromatic rings. The van der Waals surface area contributed by atoms with Crippen molar-refractivity contribution < 1.29 is 4.79 Å². The molecule has 0 bridgehead atoms. The molecule has 2 heteroatoms. The van der Waals surface area contributed by atoms with Crippen LogP contribution in [0.4, 0.5) is 0 Å². The van der Waals surface area contributed by atoms with E-state index < -0.39 is 11.8 Å². The Morgan fingerprint density at radius 3 is 2.17 bits per heavy atom. The van der Waals surface area contributed by atoms with Crippen LogP contribution in [0.5, 0.6) is 0 Å². The van der Waals surface area contributed by atoms with E-state index in [1.165, 1.54) is 0 Å². The largest absolute Gasteiger partial charge is 0.369 e. The smallest absolute Gasteiger partial charge is 0.220 e. The van der Waals surface area contributed by atoms with Crippen molar-refractivity contribution in [1.82, 2.24) is 0 Å². The van der Waals surface area contributed by atoms with E-state index in [1.807, 2.05) is 0 Å². The summed E-state index contributed by atoms with van der Waals surface area (Å²) in [5.74, 6) is -0.972. The highest BCUT2D eigenvalue weighted by Gasteiger charge is 1.96. The molecule has 0 rings (SSSR count).